The molecule has 17 heavy (non-hydrogen) atoms. The zero-order valence-electron chi connectivity index (χ0n) is 11.9. The van der Waals surface area contributed by atoms with Crippen LogP contribution in [0.25, 0.3) is 0 Å². The van der Waals surface area contributed by atoms with Crippen molar-refractivity contribution in [1.29, 1.82) is 0 Å². The van der Waals surface area contributed by atoms with Gasteiger partial charge in [-0.1, -0.05) is 47.6 Å². The second kappa shape index (κ2) is 4.79. The van der Waals surface area contributed by atoms with Crippen LogP contribution in [0.4, 0.5) is 0 Å². The fraction of sp³-hybridized carbons (Fsp3) is 0.600. The lowest BCUT2D eigenvalue weighted by Gasteiger charge is -2.27. The number of benzene rings is 1. The van der Waals surface area contributed by atoms with Gasteiger partial charge in [0.25, 0.3) is 0 Å². The minimum atomic E-state index is 0.144. The summed E-state index contributed by atoms with van der Waals surface area (Å²) < 4.78 is 6.74. The van der Waals surface area contributed by atoms with E-state index in [1.165, 1.54) is 14.7 Å². The van der Waals surface area contributed by atoms with E-state index in [0.29, 0.717) is 0 Å². The second-order valence-corrected chi connectivity index (χ2v) is 7.62. The maximum atomic E-state index is 5.51. The van der Waals surface area contributed by atoms with Gasteiger partial charge < -0.3 is 4.74 Å². The largest absolute Gasteiger partial charge is 0.496 e. The number of ether oxygens (including phenoxy) is 1. The summed E-state index contributed by atoms with van der Waals surface area (Å²) >= 11 is 2.39. The maximum absolute atomic E-state index is 5.51. The Bertz CT molecular complexity index is 408. The first-order chi connectivity index (χ1) is 7.57. The van der Waals surface area contributed by atoms with Crippen LogP contribution in [0, 0.1) is 3.57 Å². The van der Waals surface area contributed by atoms with Crippen LogP contribution < -0.4 is 4.74 Å². The van der Waals surface area contributed by atoms with Crippen molar-refractivity contribution in [3.05, 3.63) is 26.8 Å². The molecule has 0 atom stereocenters. The standard InChI is InChI=1S/C15H23IO/c1-14(2,3)10-8-11(15(4,5)6)13(16)12(9-10)17-7/h8-9H,1-7H3. The Morgan fingerprint density at radius 3 is 1.82 bits per heavy atom. The third-order valence-corrected chi connectivity index (χ3v) is 4.05. The Balaban J connectivity index is 3.50. The number of hydrogen-bond donors (Lipinski definition) is 0. The van der Waals surface area contributed by atoms with E-state index in [4.69, 9.17) is 4.74 Å². The molecule has 0 spiro atoms. The summed E-state index contributed by atoms with van der Waals surface area (Å²) in [6.07, 6.45) is 0. The van der Waals surface area contributed by atoms with E-state index in [9.17, 15) is 0 Å². The third kappa shape index (κ3) is 3.36. The van der Waals surface area contributed by atoms with Crippen LogP contribution in [0.2, 0.25) is 0 Å². The van der Waals surface area contributed by atoms with Crippen LogP contribution in [0.3, 0.4) is 0 Å². The van der Waals surface area contributed by atoms with E-state index < -0.39 is 0 Å². The molecule has 1 nitrogen and oxygen atoms in total. The molecule has 0 bridgehead atoms. The summed E-state index contributed by atoms with van der Waals surface area (Å²) in [5.74, 6) is 0.989. The fourth-order valence-corrected chi connectivity index (χ4v) is 3.07. The molecule has 0 saturated heterocycles. The predicted molar refractivity (Wildman–Crippen MR) is 83.1 cm³/mol. The van der Waals surface area contributed by atoms with Gasteiger partial charge in [-0.05, 0) is 50.6 Å². The van der Waals surface area contributed by atoms with Crippen LogP contribution in [-0.2, 0) is 10.8 Å². The number of methoxy groups -OCH3 is 1. The molecular weight excluding hydrogens is 323 g/mol. The molecule has 0 radical (unpaired) electrons. The highest BCUT2D eigenvalue weighted by Gasteiger charge is 2.24. The van der Waals surface area contributed by atoms with Crippen molar-refractivity contribution in [3.8, 4) is 5.75 Å². The second-order valence-electron chi connectivity index (χ2n) is 6.54. The smallest absolute Gasteiger partial charge is 0.132 e. The van der Waals surface area contributed by atoms with E-state index in [1.807, 2.05) is 0 Å². The van der Waals surface area contributed by atoms with Crippen LogP contribution in [0.1, 0.15) is 52.7 Å². The molecule has 0 aliphatic carbocycles. The van der Waals surface area contributed by atoms with Gasteiger partial charge in [0.1, 0.15) is 5.75 Å². The normalized spacial score (nSPS) is 12.7. The highest BCUT2D eigenvalue weighted by Crippen LogP contribution is 2.37. The lowest BCUT2D eigenvalue weighted by molar-refractivity contribution is 0.406. The molecule has 1 rings (SSSR count). The molecule has 1 aromatic carbocycles. The van der Waals surface area contributed by atoms with Gasteiger partial charge in [0, 0.05) is 0 Å². The molecule has 2 heteroatoms. The molecular formula is C15H23IO. The van der Waals surface area contributed by atoms with Crippen molar-refractivity contribution in [3.63, 3.8) is 0 Å². The molecule has 0 unspecified atom stereocenters. The van der Waals surface area contributed by atoms with Crippen molar-refractivity contribution >= 4 is 22.6 Å². The van der Waals surface area contributed by atoms with Crippen LogP contribution in [0.15, 0.2) is 12.1 Å². The Labute approximate surface area is 119 Å². The van der Waals surface area contributed by atoms with E-state index >= 15 is 0 Å². The summed E-state index contributed by atoms with van der Waals surface area (Å²) in [6.45, 7) is 13.5. The maximum Gasteiger partial charge on any atom is 0.132 e. The lowest BCUT2D eigenvalue weighted by Crippen LogP contribution is -2.18. The van der Waals surface area contributed by atoms with Crippen molar-refractivity contribution in [1.82, 2.24) is 0 Å². The predicted octanol–water partition coefficient (Wildman–Crippen LogP) is 4.89. The molecule has 0 amide bonds. The molecule has 1 aromatic rings. The lowest BCUT2D eigenvalue weighted by atomic mass is 9.80. The van der Waals surface area contributed by atoms with Gasteiger partial charge in [-0.25, -0.2) is 0 Å². The monoisotopic (exact) mass is 346 g/mol. The summed E-state index contributed by atoms with van der Waals surface area (Å²) in [5, 5.41) is 0. The Kier molecular flexibility index (Phi) is 4.17. The van der Waals surface area contributed by atoms with Gasteiger partial charge in [0.05, 0.1) is 10.7 Å². The molecule has 0 aromatic heterocycles. The Hall–Kier alpha value is -0.250. The minimum Gasteiger partial charge on any atom is -0.496 e. The highest BCUT2D eigenvalue weighted by molar-refractivity contribution is 14.1. The quantitative estimate of drug-likeness (QED) is 0.658. The summed E-state index contributed by atoms with van der Waals surface area (Å²) in [5.41, 5.74) is 2.99. The Morgan fingerprint density at radius 2 is 1.47 bits per heavy atom. The van der Waals surface area contributed by atoms with E-state index in [-0.39, 0.29) is 10.8 Å². The first-order valence-electron chi connectivity index (χ1n) is 5.96. The van der Waals surface area contributed by atoms with Gasteiger partial charge in [0.15, 0.2) is 0 Å². The van der Waals surface area contributed by atoms with Crippen molar-refractivity contribution in [2.75, 3.05) is 7.11 Å². The highest BCUT2D eigenvalue weighted by atomic mass is 127. The zero-order valence-corrected chi connectivity index (χ0v) is 14.1. The van der Waals surface area contributed by atoms with Crippen LogP contribution >= 0.6 is 22.6 Å². The summed E-state index contributed by atoms with van der Waals surface area (Å²) in [7, 11) is 1.75. The molecule has 0 aliphatic rings. The topological polar surface area (TPSA) is 9.23 Å². The number of rotatable bonds is 1. The van der Waals surface area contributed by atoms with Crippen molar-refractivity contribution in [2.45, 2.75) is 52.4 Å². The molecule has 96 valence electrons. The molecule has 0 N–H and O–H groups in total. The van der Waals surface area contributed by atoms with Crippen LogP contribution in [-0.4, -0.2) is 7.11 Å². The third-order valence-electron chi connectivity index (χ3n) is 2.93. The van der Waals surface area contributed by atoms with E-state index in [1.54, 1.807) is 7.11 Å². The first kappa shape index (κ1) is 14.8. The summed E-state index contributed by atoms with van der Waals surface area (Å²) in [4.78, 5) is 0. The molecule has 0 aliphatic heterocycles. The van der Waals surface area contributed by atoms with E-state index in [2.05, 4.69) is 76.3 Å². The zero-order chi connectivity index (χ0) is 13.4. The van der Waals surface area contributed by atoms with Gasteiger partial charge in [-0.2, -0.15) is 0 Å². The average molecular weight is 346 g/mol. The number of hydrogen-bond acceptors (Lipinski definition) is 1. The summed E-state index contributed by atoms with van der Waals surface area (Å²) in [6, 6.07) is 4.49. The SMILES string of the molecule is COc1cc(C(C)(C)C)cc(C(C)(C)C)c1I. The molecule has 0 heterocycles. The van der Waals surface area contributed by atoms with Crippen molar-refractivity contribution < 1.29 is 4.74 Å². The van der Waals surface area contributed by atoms with Crippen molar-refractivity contribution in [2.24, 2.45) is 0 Å². The fourth-order valence-electron chi connectivity index (χ4n) is 1.73. The van der Waals surface area contributed by atoms with Gasteiger partial charge in [-0.15, -0.1) is 0 Å². The minimum absolute atomic E-state index is 0.144. The van der Waals surface area contributed by atoms with Gasteiger partial charge >= 0.3 is 0 Å². The van der Waals surface area contributed by atoms with E-state index in [0.717, 1.165) is 5.75 Å². The number of halogens is 1. The Morgan fingerprint density at radius 1 is 0.941 bits per heavy atom. The first-order valence-corrected chi connectivity index (χ1v) is 7.03. The average Bonchev–Trinajstić information content (AvgIpc) is 2.14. The van der Waals surface area contributed by atoms with Gasteiger partial charge in [-0.3, -0.25) is 0 Å². The molecule has 0 saturated carbocycles. The molecule has 0 fully saturated rings. The van der Waals surface area contributed by atoms with Crippen LogP contribution in [0.5, 0.6) is 5.75 Å². The van der Waals surface area contributed by atoms with Gasteiger partial charge in [0.2, 0.25) is 0 Å².